The Labute approximate surface area is 290 Å². The molecule has 0 spiro atoms. The average molecular weight is 718 g/mol. The third kappa shape index (κ3) is 7.44. The van der Waals surface area contributed by atoms with Crippen LogP contribution < -0.4 is 20.1 Å². The predicted molar refractivity (Wildman–Crippen MR) is 178 cm³/mol. The number of benzene rings is 1. The number of alkyl carbamates (subject to hydrolysis) is 1. The van der Waals surface area contributed by atoms with Crippen LogP contribution in [0.2, 0.25) is 0 Å². The van der Waals surface area contributed by atoms with E-state index in [-0.39, 0.29) is 25.5 Å². The van der Waals surface area contributed by atoms with Gasteiger partial charge in [-0.3, -0.25) is 19.1 Å². The zero-order chi connectivity index (χ0) is 36.0. The van der Waals surface area contributed by atoms with E-state index in [4.69, 9.17) is 14.3 Å². The van der Waals surface area contributed by atoms with Crippen LogP contribution in [0.15, 0.2) is 36.0 Å². The second-order valence-corrected chi connectivity index (χ2v) is 16.8. The van der Waals surface area contributed by atoms with Crippen molar-refractivity contribution in [2.75, 3.05) is 13.2 Å². The molecule has 272 valence electrons. The van der Waals surface area contributed by atoms with Crippen molar-refractivity contribution in [2.45, 2.75) is 107 Å². The first-order valence-electron chi connectivity index (χ1n) is 17.0. The Bertz CT molecular complexity index is 1700. The molecule has 5 aliphatic rings. The lowest BCUT2D eigenvalue weighted by Gasteiger charge is -2.36. The number of ether oxygens (including phenoxy) is 2. The standard InChI is InChI=1S/C34H44FN5O9S/c1-5-19-17-34(19,31(43)39-50(45,46)23-10-11-23)37-29(41)26-16-22(49-38-25-13-14-47-27-12-9-20(35)15-24(25)27)18-40(26)30(42)28(33(2,3)4)36-32(44)48-21-7-6-8-21/h5,9,12,15,19,21-23,26,28H,1,6-8,10-11,13-14,16-18H2,2-4H3,(H,36,44)(H,37,41)(H,39,43)/b38-25+/t19-,22-,26+,28-,34+/m1/s1. The summed E-state index contributed by atoms with van der Waals surface area (Å²) in [6, 6.07) is 1.78. The van der Waals surface area contributed by atoms with E-state index in [1.54, 1.807) is 20.8 Å². The molecule has 16 heteroatoms. The van der Waals surface area contributed by atoms with Gasteiger partial charge in [-0.25, -0.2) is 17.6 Å². The number of likely N-dealkylation sites (tertiary alicyclic amines) is 1. The minimum Gasteiger partial charge on any atom is -0.492 e. The van der Waals surface area contributed by atoms with Gasteiger partial charge in [0.2, 0.25) is 21.8 Å². The fourth-order valence-electron chi connectivity index (χ4n) is 6.47. The highest BCUT2D eigenvalue weighted by molar-refractivity contribution is 7.91. The molecule has 0 bridgehead atoms. The topological polar surface area (TPSA) is 182 Å². The first kappa shape index (κ1) is 35.6. The van der Waals surface area contributed by atoms with Crippen molar-refractivity contribution < 1.29 is 46.3 Å². The molecule has 1 saturated heterocycles. The van der Waals surface area contributed by atoms with E-state index < -0.39 is 80.0 Å². The van der Waals surface area contributed by atoms with E-state index in [2.05, 4.69) is 27.1 Å². The molecule has 3 aliphatic carbocycles. The van der Waals surface area contributed by atoms with Crippen molar-refractivity contribution in [3.05, 3.63) is 42.2 Å². The molecule has 6 rings (SSSR count). The lowest BCUT2D eigenvalue weighted by Crippen LogP contribution is -2.60. The Morgan fingerprint density at radius 1 is 1.16 bits per heavy atom. The number of amides is 4. The van der Waals surface area contributed by atoms with Crippen LogP contribution in [0.3, 0.4) is 0 Å². The number of carbonyl (C=O) groups excluding carboxylic acids is 4. The third-order valence-electron chi connectivity index (χ3n) is 9.96. The van der Waals surface area contributed by atoms with Gasteiger partial charge < -0.3 is 29.8 Å². The van der Waals surface area contributed by atoms with Crippen molar-refractivity contribution in [3.8, 4) is 5.75 Å². The second kappa shape index (κ2) is 13.5. The van der Waals surface area contributed by atoms with Crippen LogP contribution in [0.5, 0.6) is 5.75 Å². The Morgan fingerprint density at radius 3 is 2.52 bits per heavy atom. The van der Waals surface area contributed by atoms with E-state index >= 15 is 0 Å². The van der Waals surface area contributed by atoms with Crippen LogP contribution >= 0.6 is 0 Å². The van der Waals surface area contributed by atoms with Gasteiger partial charge in [0.15, 0.2) is 0 Å². The number of oxime groups is 1. The minimum absolute atomic E-state index is 0.0406. The zero-order valence-electron chi connectivity index (χ0n) is 28.4. The highest BCUT2D eigenvalue weighted by Crippen LogP contribution is 2.45. The lowest BCUT2D eigenvalue weighted by molar-refractivity contribution is -0.143. The largest absolute Gasteiger partial charge is 0.492 e. The molecule has 3 N–H and O–H groups in total. The van der Waals surface area contributed by atoms with Crippen molar-refractivity contribution in [3.63, 3.8) is 0 Å². The summed E-state index contributed by atoms with van der Waals surface area (Å²) in [6.45, 7) is 9.23. The first-order valence-corrected chi connectivity index (χ1v) is 18.6. The predicted octanol–water partition coefficient (Wildman–Crippen LogP) is 2.66. The minimum atomic E-state index is -3.91. The molecule has 4 amide bonds. The maximum Gasteiger partial charge on any atom is 0.408 e. The van der Waals surface area contributed by atoms with Crippen LogP contribution in [0.4, 0.5) is 9.18 Å². The lowest BCUT2D eigenvalue weighted by atomic mass is 9.85. The van der Waals surface area contributed by atoms with E-state index in [1.807, 2.05) is 0 Å². The molecule has 1 aromatic carbocycles. The van der Waals surface area contributed by atoms with Crippen LogP contribution in [0.1, 0.15) is 77.7 Å². The third-order valence-corrected chi connectivity index (χ3v) is 11.8. The number of rotatable bonds is 11. The Kier molecular flexibility index (Phi) is 9.61. The number of carbonyl (C=O) groups is 4. The van der Waals surface area contributed by atoms with Crippen molar-refractivity contribution in [2.24, 2.45) is 16.5 Å². The van der Waals surface area contributed by atoms with Gasteiger partial charge in [-0.1, -0.05) is 32.0 Å². The highest BCUT2D eigenvalue weighted by Gasteiger charge is 2.62. The van der Waals surface area contributed by atoms with Gasteiger partial charge in [0.1, 0.15) is 41.4 Å². The summed E-state index contributed by atoms with van der Waals surface area (Å²) in [6.07, 6.45) is 3.44. The van der Waals surface area contributed by atoms with Gasteiger partial charge in [-0.2, -0.15) is 0 Å². The molecule has 2 aliphatic heterocycles. The normalized spacial score (nSPS) is 27.6. The molecule has 5 atom stereocenters. The second-order valence-electron chi connectivity index (χ2n) is 14.8. The van der Waals surface area contributed by atoms with Crippen LogP contribution in [0.25, 0.3) is 0 Å². The molecular weight excluding hydrogens is 673 g/mol. The summed E-state index contributed by atoms with van der Waals surface area (Å²) >= 11 is 0. The molecule has 3 saturated carbocycles. The summed E-state index contributed by atoms with van der Waals surface area (Å²) < 4.78 is 52.5. The number of halogens is 1. The number of nitrogens with one attached hydrogen (secondary N) is 3. The molecule has 50 heavy (non-hydrogen) atoms. The maximum atomic E-state index is 14.3. The van der Waals surface area contributed by atoms with Crippen molar-refractivity contribution in [1.29, 1.82) is 0 Å². The van der Waals surface area contributed by atoms with Crippen molar-refractivity contribution >= 4 is 39.5 Å². The van der Waals surface area contributed by atoms with Crippen LogP contribution in [-0.4, -0.2) is 91.1 Å². The fourth-order valence-corrected chi connectivity index (χ4v) is 7.83. The highest BCUT2D eigenvalue weighted by atomic mass is 32.2. The molecule has 4 fully saturated rings. The van der Waals surface area contributed by atoms with Gasteiger partial charge in [0.05, 0.1) is 24.1 Å². The summed E-state index contributed by atoms with van der Waals surface area (Å²) in [7, 11) is -3.91. The first-order chi connectivity index (χ1) is 23.6. The number of sulfonamides is 1. The van der Waals surface area contributed by atoms with E-state index in [1.165, 1.54) is 29.2 Å². The van der Waals surface area contributed by atoms with E-state index in [0.29, 0.717) is 42.9 Å². The number of hydrogen-bond donors (Lipinski definition) is 3. The van der Waals surface area contributed by atoms with Gasteiger partial charge in [-0.15, -0.1) is 6.58 Å². The number of fused-ring (bicyclic) bond motifs is 1. The van der Waals surface area contributed by atoms with E-state index in [9.17, 15) is 32.0 Å². The monoisotopic (exact) mass is 717 g/mol. The fraction of sp³-hybridized carbons (Fsp3) is 0.618. The van der Waals surface area contributed by atoms with Gasteiger partial charge in [-0.05, 0) is 62.1 Å². The summed E-state index contributed by atoms with van der Waals surface area (Å²) in [5.41, 5.74) is -1.52. The van der Waals surface area contributed by atoms with Crippen LogP contribution in [0, 0.1) is 17.2 Å². The average Bonchev–Trinajstić information content (AvgIpc) is 3.96. The maximum absolute atomic E-state index is 14.3. The Balaban J connectivity index is 1.24. The molecule has 0 aromatic heterocycles. The van der Waals surface area contributed by atoms with Gasteiger partial charge in [0, 0.05) is 24.3 Å². The van der Waals surface area contributed by atoms with Crippen LogP contribution in [-0.2, 0) is 34.0 Å². The number of hydrogen-bond acceptors (Lipinski definition) is 10. The summed E-state index contributed by atoms with van der Waals surface area (Å²) in [5.74, 6) is -2.72. The SMILES string of the molecule is C=C[C@@H]1C[C@@]1(NC(=O)[C@@H]1C[C@@H](O/N=C2\CCOc3ccc(F)cc32)CN1C(=O)[C@@H](NC(=O)OC1CCC1)C(C)(C)C)C(=O)NS(=O)(=O)C1CC1. The van der Waals surface area contributed by atoms with E-state index in [0.717, 1.165) is 19.3 Å². The smallest absolute Gasteiger partial charge is 0.408 e. The molecule has 0 unspecified atom stereocenters. The molecule has 1 aromatic rings. The quantitative estimate of drug-likeness (QED) is 0.229. The molecule has 0 radical (unpaired) electrons. The van der Waals surface area contributed by atoms with Gasteiger partial charge in [0.25, 0.3) is 5.91 Å². The molecular formula is C34H44FN5O9S. The zero-order valence-corrected chi connectivity index (χ0v) is 29.2. The molecule has 2 heterocycles. The Morgan fingerprint density at radius 2 is 1.90 bits per heavy atom. The molecule has 14 nitrogen and oxygen atoms in total. The van der Waals surface area contributed by atoms with Crippen molar-refractivity contribution in [1.82, 2.24) is 20.3 Å². The number of nitrogens with zero attached hydrogens (tertiary/aromatic N) is 2. The Hall–Kier alpha value is -4.21. The van der Waals surface area contributed by atoms with Gasteiger partial charge >= 0.3 is 6.09 Å². The summed E-state index contributed by atoms with van der Waals surface area (Å²) in [4.78, 5) is 61.8. The summed E-state index contributed by atoms with van der Waals surface area (Å²) in [5, 5.41) is 9.08.